The van der Waals surface area contributed by atoms with Gasteiger partial charge in [0, 0.05) is 17.8 Å². The molecule has 20 heavy (non-hydrogen) atoms. The Bertz CT molecular complexity index is 309. The molecule has 0 spiro atoms. The van der Waals surface area contributed by atoms with Crippen LogP contribution in [0.5, 0.6) is 0 Å². The molecule has 0 radical (unpaired) electrons. The molecular formula is C15H26BrF2NO. The van der Waals surface area contributed by atoms with Crippen LogP contribution in [-0.4, -0.2) is 35.7 Å². The lowest BCUT2D eigenvalue weighted by Crippen LogP contribution is -2.42. The molecule has 1 saturated carbocycles. The number of nitrogens with zero attached hydrogens (tertiary/aromatic N) is 1. The van der Waals surface area contributed by atoms with E-state index in [0.717, 1.165) is 25.7 Å². The zero-order chi connectivity index (χ0) is 15.3. The van der Waals surface area contributed by atoms with E-state index in [1.807, 2.05) is 0 Å². The fraction of sp³-hybridized carbons (Fsp3) is 0.933. The van der Waals surface area contributed by atoms with E-state index in [9.17, 15) is 13.6 Å². The lowest BCUT2D eigenvalue weighted by atomic mass is 9.69. The van der Waals surface area contributed by atoms with E-state index >= 15 is 0 Å². The Kier molecular flexibility index (Phi) is 6.89. The standard InChI is InChI=1S/C15H26BrF2NO/c1-15(2,3)12-6-4-11(5-7-12)14(20)19(9-8-16)10-13(17)18/h11-13H,4-10H2,1-3H3. The van der Waals surface area contributed by atoms with Crippen LogP contribution in [0.25, 0.3) is 0 Å². The minimum Gasteiger partial charge on any atom is -0.336 e. The van der Waals surface area contributed by atoms with E-state index in [2.05, 4.69) is 36.7 Å². The summed E-state index contributed by atoms with van der Waals surface area (Å²) in [7, 11) is 0. The summed E-state index contributed by atoms with van der Waals surface area (Å²) in [6.45, 7) is 6.61. The van der Waals surface area contributed by atoms with E-state index in [4.69, 9.17) is 0 Å². The molecule has 0 heterocycles. The highest BCUT2D eigenvalue weighted by Crippen LogP contribution is 2.40. The first kappa shape index (κ1) is 17.9. The number of hydrogen-bond donors (Lipinski definition) is 0. The largest absolute Gasteiger partial charge is 0.336 e. The van der Waals surface area contributed by atoms with Gasteiger partial charge in [-0.15, -0.1) is 0 Å². The van der Waals surface area contributed by atoms with Crippen LogP contribution in [0.15, 0.2) is 0 Å². The molecule has 0 aromatic carbocycles. The van der Waals surface area contributed by atoms with Crippen molar-refractivity contribution in [3.05, 3.63) is 0 Å². The molecule has 1 aliphatic carbocycles. The molecule has 0 bridgehead atoms. The van der Waals surface area contributed by atoms with Gasteiger partial charge in [0.2, 0.25) is 5.91 Å². The van der Waals surface area contributed by atoms with Crippen LogP contribution in [0.3, 0.4) is 0 Å². The van der Waals surface area contributed by atoms with Gasteiger partial charge >= 0.3 is 0 Å². The van der Waals surface area contributed by atoms with Crippen molar-refractivity contribution in [3.8, 4) is 0 Å². The highest BCUT2D eigenvalue weighted by Gasteiger charge is 2.34. The molecule has 0 unspecified atom stereocenters. The molecule has 0 aliphatic heterocycles. The van der Waals surface area contributed by atoms with Gasteiger partial charge in [-0.05, 0) is 37.0 Å². The molecule has 5 heteroatoms. The van der Waals surface area contributed by atoms with Gasteiger partial charge in [-0.2, -0.15) is 0 Å². The molecule has 0 saturated heterocycles. The van der Waals surface area contributed by atoms with Gasteiger partial charge in [0.25, 0.3) is 6.43 Å². The third-order valence-electron chi connectivity index (χ3n) is 4.33. The smallest absolute Gasteiger partial charge is 0.255 e. The van der Waals surface area contributed by atoms with Crippen molar-refractivity contribution >= 4 is 21.8 Å². The molecule has 0 aromatic rings. The summed E-state index contributed by atoms with van der Waals surface area (Å²) in [6.07, 6.45) is 1.27. The minimum atomic E-state index is -2.45. The number of carbonyl (C=O) groups is 1. The molecule has 1 amide bonds. The second kappa shape index (κ2) is 7.71. The van der Waals surface area contributed by atoms with Crippen LogP contribution in [0.4, 0.5) is 8.78 Å². The molecule has 1 fully saturated rings. The van der Waals surface area contributed by atoms with Gasteiger partial charge in [0.05, 0.1) is 6.54 Å². The Hall–Kier alpha value is -0.190. The van der Waals surface area contributed by atoms with Crippen molar-refractivity contribution in [1.82, 2.24) is 4.90 Å². The lowest BCUT2D eigenvalue weighted by molar-refractivity contribution is -0.138. The molecule has 2 nitrogen and oxygen atoms in total. The van der Waals surface area contributed by atoms with Gasteiger partial charge in [0.15, 0.2) is 0 Å². The Labute approximate surface area is 129 Å². The van der Waals surface area contributed by atoms with Crippen molar-refractivity contribution in [2.75, 3.05) is 18.4 Å². The van der Waals surface area contributed by atoms with Crippen molar-refractivity contribution in [3.63, 3.8) is 0 Å². The molecule has 0 N–H and O–H groups in total. The van der Waals surface area contributed by atoms with E-state index in [-0.39, 0.29) is 17.2 Å². The summed E-state index contributed by atoms with van der Waals surface area (Å²) in [5.41, 5.74) is 0.270. The average molecular weight is 354 g/mol. The van der Waals surface area contributed by atoms with Crippen molar-refractivity contribution in [1.29, 1.82) is 0 Å². The van der Waals surface area contributed by atoms with Crippen molar-refractivity contribution < 1.29 is 13.6 Å². The quantitative estimate of drug-likeness (QED) is 0.673. The second-order valence-electron chi connectivity index (χ2n) is 6.78. The summed E-state index contributed by atoms with van der Waals surface area (Å²) >= 11 is 3.23. The van der Waals surface area contributed by atoms with Crippen LogP contribution >= 0.6 is 15.9 Å². The minimum absolute atomic E-state index is 0.0635. The lowest BCUT2D eigenvalue weighted by Gasteiger charge is -2.37. The van der Waals surface area contributed by atoms with Gasteiger partial charge < -0.3 is 4.90 Å². The Balaban J connectivity index is 2.55. The summed E-state index contributed by atoms with van der Waals surface area (Å²) < 4.78 is 25.1. The van der Waals surface area contributed by atoms with Crippen molar-refractivity contribution in [2.45, 2.75) is 52.9 Å². The first-order valence-electron chi connectivity index (χ1n) is 7.38. The molecule has 1 aliphatic rings. The summed E-state index contributed by atoms with van der Waals surface area (Å²) in [4.78, 5) is 13.7. The van der Waals surface area contributed by atoms with Crippen LogP contribution in [0.1, 0.15) is 46.5 Å². The average Bonchev–Trinajstić information content (AvgIpc) is 2.36. The number of amides is 1. The maximum absolute atomic E-state index is 12.5. The number of rotatable bonds is 5. The number of halogens is 3. The monoisotopic (exact) mass is 353 g/mol. The molecule has 118 valence electrons. The van der Waals surface area contributed by atoms with Crippen LogP contribution < -0.4 is 0 Å². The molecule has 1 rings (SSSR count). The SMILES string of the molecule is CC(C)(C)C1CCC(C(=O)N(CCBr)CC(F)F)CC1. The Morgan fingerprint density at radius 3 is 2.20 bits per heavy atom. The van der Waals surface area contributed by atoms with E-state index in [1.165, 1.54) is 4.90 Å². The highest BCUT2D eigenvalue weighted by atomic mass is 79.9. The topological polar surface area (TPSA) is 20.3 Å². The Morgan fingerprint density at radius 1 is 1.25 bits per heavy atom. The number of alkyl halides is 3. The molecule has 0 atom stereocenters. The fourth-order valence-corrected chi connectivity index (χ4v) is 3.45. The number of hydrogen-bond acceptors (Lipinski definition) is 1. The van der Waals surface area contributed by atoms with E-state index in [1.54, 1.807) is 0 Å². The molecule has 0 aromatic heterocycles. The summed E-state index contributed by atoms with van der Waals surface area (Å²) in [5.74, 6) is 0.481. The van der Waals surface area contributed by atoms with Gasteiger partial charge in [-0.1, -0.05) is 36.7 Å². The maximum Gasteiger partial charge on any atom is 0.255 e. The van der Waals surface area contributed by atoms with E-state index < -0.39 is 13.0 Å². The van der Waals surface area contributed by atoms with Crippen LogP contribution in [0.2, 0.25) is 0 Å². The highest BCUT2D eigenvalue weighted by molar-refractivity contribution is 9.09. The zero-order valence-corrected chi connectivity index (χ0v) is 14.3. The van der Waals surface area contributed by atoms with Gasteiger partial charge in [-0.3, -0.25) is 4.79 Å². The summed E-state index contributed by atoms with van der Waals surface area (Å²) in [5, 5.41) is 0.544. The van der Waals surface area contributed by atoms with Crippen LogP contribution in [0, 0.1) is 17.3 Å². The Morgan fingerprint density at radius 2 is 1.80 bits per heavy atom. The predicted molar refractivity (Wildman–Crippen MR) is 81.3 cm³/mol. The fourth-order valence-electron chi connectivity index (χ4n) is 3.02. The third-order valence-corrected chi connectivity index (χ3v) is 4.68. The van der Waals surface area contributed by atoms with Crippen LogP contribution in [-0.2, 0) is 4.79 Å². The van der Waals surface area contributed by atoms with Gasteiger partial charge in [-0.25, -0.2) is 8.78 Å². The zero-order valence-electron chi connectivity index (χ0n) is 12.7. The van der Waals surface area contributed by atoms with Gasteiger partial charge in [0.1, 0.15) is 0 Å². The predicted octanol–water partition coefficient (Wildman–Crippen LogP) is 4.33. The first-order chi connectivity index (χ1) is 9.25. The van der Waals surface area contributed by atoms with Crippen molar-refractivity contribution in [2.24, 2.45) is 17.3 Å². The number of carbonyl (C=O) groups excluding carboxylic acids is 1. The normalized spacial score (nSPS) is 23.9. The first-order valence-corrected chi connectivity index (χ1v) is 8.50. The van der Waals surface area contributed by atoms with E-state index in [0.29, 0.717) is 17.8 Å². The maximum atomic E-state index is 12.5. The molecular weight excluding hydrogens is 328 g/mol. The third kappa shape index (κ3) is 5.30. The summed E-state index contributed by atoms with van der Waals surface area (Å²) in [6, 6.07) is 0. The second-order valence-corrected chi connectivity index (χ2v) is 7.57.